The molecule has 25 heavy (non-hydrogen) atoms. The SMILES string of the molecule is Cc1c(N)c2cnc(NC3CCCCC3)nc2n(C2CCOC2)c1=O. The number of ether oxygens (including phenoxy) is 1. The zero-order chi connectivity index (χ0) is 17.4. The maximum atomic E-state index is 12.8. The smallest absolute Gasteiger partial charge is 0.257 e. The monoisotopic (exact) mass is 343 g/mol. The average molecular weight is 343 g/mol. The summed E-state index contributed by atoms with van der Waals surface area (Å²) in [6, 6.07) is 0.413. The second kappa shape index (κ2) is 6.63. The molecule has 134 valence electrons. The van der Waals surface area contributed by atoms with Crippen LogP contribution in [0.1, 0.15) is 50.1 Å². The number of fused-ring (bicyclic) bond motifs is 1. The average Bonchev–Trinajstić information content (AvgIpc) is 3.15. The largest absolute Gasteiger partial charge is 0.398 e. The number of anilines is 2. The molecule has 2 fully saturated rings. The van der Waals surface area contributed by atoms with E-state index >= 15 is 0 Å². The van der Waals surface area contributed by atoms with E-state index in [-0.39, 0.29) is 11.6 Å². The summed E-state index contributed by atoms with van der Waals surface area (Å²) in [4.78, 5) is 22.0. The van der Waals surface area contributed by atoms with Crippen LogP contribution in [0.15, 0.2) is 11.0 Å². The Morgan fingerprint density at radius 1 is 1.28 bits per heavy atom. The number of nitrogens with zero attached hydrogens (tertiary/aromatic N) is 3. The number of nitrogens with one attached hydrogen (secondary N) is 1. The highest BCUT2D eigenvalue weighted by atomic mass is 16.5. The van der Waals surface area contributed by atoms with E-state index in [0.717, 1.165) is 24.6 Å². The molecule has 0 spiro atoms. The van der Waals surface area contributed by atoms with E-state index in [2.05, 4.69) is 15.3 Å². The summed E-state index contributed by atoms with van der Waals surface area (Å²) >= 11 is 0. The Morgan fingerprint density at radius 2 is 2.08 bits per heavy atom. The Hall–Kier alpha value is -2.15. The van der Waals surface area contributed by atoms with E-state index in [1.54, 1.807) is 17.7 Å². The molecule has 0 bridgehead atoms. The fraction of sp³-hybridized carbons (Fsp3) is 0.611. The zero-order valence-electron chi connectivity index (χ0n) is 14.6. The third-order valence-corrected chi connectivity index (χ3v) is 5.44. The van der Waals surface area contributed by atoms with Crippen LogP contribution in [0.2, 0.25) is 0 Å². The molecule has 2 aromatic heterocycles. The molecule has 3 N–H and O–H groups in total. The fourth-order valence-corrected chi connectivity index (χ4v) is 3.90. The fourth-order valence-electron chi connectivity index (χ4n) is 3.90. The van der Waals surface area contributed by atoms with Gasteiger partial charge in [0.15, 0.2) is 5.65 Å². The van der Waals surface area contributed by atoms with Crippen molar-refractivity contribution in [3.05, 3.63) is 22.1 Å². The van der Waals surface area contributed by atoms with Gasteiger partial charge in [0.05, 0.1) is 23.7 Å². The summed E-state index contributed by atoms with van der Waals surface area (Å²) in [5, 5.41) is 4.17. The lowest BCUT2D eigenvalue weighted by Crippen LogP contribution is -2.29. The van der Waals surface area contributed by atoms with E-state index in [0.29, 0.717) is 42.1 Å². The van der Waals surface area contributed by atoms with Crippen molar-refractivity contribution >= 4 is 22.7 Å². The second-order valence-corrected chi connectivity index (χ2v) is 7.14. The molecule has 0 aromatic carbocycles. The van der Waals surface area contributed by atoms with Crippen molar-refractivity contribution in [3.8, 4) is 0 Å². The van der Waals surface area contributed by atoms with Gasteiger partial charge in [-0.05, 0) is 26.2 Å². The quantitative estimate of drug-likeness (QED) is 0.888. The Morgan fingerprint density at radius 3 is 2.80 bits per heavy atom. The van der Waals surface area contributed by atoms with Gasteiger partial charge in [0.2, 0.25) is 5.95 Å². The van der Waals surface area contributed by atoms with Gasteiger partial charge in [-0.25, -0.2) is 4.98 Å². The number of hydrogen-bond acceptors (Lipinski definition) is 6. The molecule has 0 radical (unpaired) electrons. The molecule has 2 aliphatic rings. The zero-order valence-corrected chi connectivity index (χ0v) is 14.6. The van der Waals surface area contributed by atoms with E-state index < -0.39 is 0 Å². The first-order chi connectivity index (χ1) is 12.1. The van der Waals surface area contributed by atoms with Crippen LogP contribution < -0.4 is 16.6 Å². The van der Waals surface area contributed by atoms with Crippen LogP contribution in [0.25, 0.3) is 11.0 Å². The van der Waals surface area contributed by atoms with E-state index in [1.807, 2.05) is 0 Å². The van der Waals surface area contributed by atoms with E-state index in [9.17, 15) is 4.79 Å². The van der Waals surface area contributed by atoms with Crippen LogP contribution in [-0.4, -0.2) is 33.8 Å². The molecule has 7 nitrogen and oxygen atoms in total. The molecule has 1 unspecified atom stereocenters. The van der Waals surface area contributed by atoms with Gasteiger partial charge < -0.3 is 15.8 Å². The van der Waals surface area contributed by atoms with E-state index in [4.69, 9.17) is 10.5 Å². The van der Waals surface area contributed by atoms with Crippen molar-refractivity contribution in [1.82, 2.24) is 14.5 Å². The Balaban J connectivity index is 1.80. The van der Waals surface area contributed by atoms with Gasteiger partial charge in [-0.2, -0.15) is 4.98 Å². The third kappa shape index (κ3) is 2.97. The Labute approximate surface area is 146 Å². The predicted molar refractivity (Wildman–Crippen MR) is 97.9 cm³/mol. The Kier molecular flexibility index (Phi) is 4.33. The number of rotatable bonds is 3. The van der Waals surface area contributed by atoms with Crippen LogP contribution >= 0.6 is 0 Å². The highest BCUT2D eigenvalue weighted by Crippen LogP contribution is 2.27. The van der Waals surface area contributed by atoms with Gasteiger partial charge in [0.25, 0.3) is 5.56 Å². The molecule has 4 rings (SSSR count). The van der Waals surface area contributed by atoms with Crippen molar-refractivity contribution < 1.29 is 4.74 Å². The molecule has 1 saturated carbocycles. The van der Waals surface area contributed by atoms with E-state index in [1.165, 1.54) is 19.3 Å². The molecule has 2 aromatic rings. The molecule has 0 amide bonds. The summed E-state index contributed by atoms with van der Waals surface area (Å²) < 4.78 is 7.24. The summed E-state index contributed by atoms with van der Waals surface area (Å²) in [7, 11) is 0. The molecule has 3 heterocycles. The highest BCUT2D eigenvalue weighted by Gasteiger charge is 2.24. The van der Waals surface area contributed by atoms with Crippen LogP contribution in [0.4, 0.5) is 11.6 Å². The summed E-state index contributed by atoms with van der Waals surface area (Å²) in [5.74, 6) is 0.578. The van der Waals surface area contributed by atoms with Crippen molar-refractivity contribution in [3.63, 3.8) is 0 Å². The molecule has 7 heteroatoms. The van der Waals surface area contributed by atoms with Crippen LogP contribution in [-0.2, 0) is 4.74 Å². The van der Waals surface area contributed by atoms with Gasteiger partial charge in [-0.1, -0.05) is 19.3 Å². The van der Waals surface area contributed by atoms with Crippen LogP contribution in [0, 0.1) is 6.92 Å². The minimum atomic E-state index is -0.0807. The first kappa shape index (κ1) is 16.3. The number of nitrogen functional groups attached to an aromatic ring is 1. The molecule has 1 atom stereocenters. The number of pyridine rings is 1. The van der Waals surface area contributed by atoms with Crippen molar-refractivity contribution in [2.75, 3.05) is 24.3 Å². The van der Waals surface area contributed by atoms with Gasteiger partial charge in [0.1, 0.15) is 0 Å². The summed E-state index contributed by atoms with van der Waals surface area (Å²) in [6.07, 6.45) is 8.60. The maximum absolute atomic E-state index is 12.8. The molecule has 1 aliphatic heterocycles. The highest BCUT2D eigenvalue weighted by molar-refractivity contribution is 5.89. The van der Waals surface area contributed by atoms with Gasteiger partial charge in [-0.3, -0.25) is 9.36 Å². The molecule has 1 aliphatic carbocycles. The van der Waals surface area contributed by atoms with Crippen molar-refractivity contribution in [1.29, 1.82) is 0 Å². The Bertz CT molecular complexity index is 835. The van der Waals surface area contributed by atoms with Gasteiger partial charge in [-0.15, -0.1) is 0 Å². The minimum absolute atomic E-state index is 0.00623. The number of nitrogens with two attached hydrogens (primary N) is 1. The van der Waals surface area contributed by atoms with Gasteiger partial charge >= 0.3 is 0 Å². The molecular formula is C18H25N5O2. The summed E-state index contributed by atoms with van der Waals surface area (Å²) in [6.45, 7) is 2.96. The maximum Gasteiger partial charge on any atom is 0.257 e. The van der Waals surface area contributed by atoms with Crippen molar-refractivity contribution in [2.24, 2.45) is 0 Å². The lowest BCUT2D eigenvalue weighted by atomic mass is 9.96. The molecule has 1 saturated heterocycles. The third-order valence-electron chi connectivity index (χ3n) is 5.44. The first-order valence-electron chi connectivity index (χ1n) is 9.16. The lowest BCUT2D eigenvalue weighted by Gasteiger charge is -2.23. The molecular weight excluding hydrogens is 318 g/mol. The lowest BCUT2D eigenvalue weighted by molar-refractivity contribution is 0.186. The minimum Gasteiger partial charge on any atom is -0.398 e. The normalized spacial score (nSPS) is 21.7. The second-order valence-electron chi connectivity index (χ2n) is 7.14. The number of hydrogen-bond donors (Lipinski definition) is 2. The topological polar surface area (TPSA) is 95.1 Å². The van der Waals surface area contributed by atoms with Crippen LogP contribution in [0.3, 0.4) is 0 Å². The van der Waals surface area contributed by atoms with Gasteiger partial charge in [0, 0.05) is 24.4 Å². The van der Waals surface area contributed by atoms with Crippen LogP contribution in [0.5, 0.6) is 0 Å². The summed E-state index contributed by atoms with van der Waals surface area (Å²) in [5.41, 5.74) is 7.73. The number of aromatic nitrogens is 3. The first-order valence-corrected chi connectivity index (χ1v) is 9.16. The van der Waals surface area contributed by atoms with Crippen molar-refractivity contribution in [2.45, 2.75) is 57.5 Å². The standard InChI is InChI=1S/C18H25N5O2/c1-11-15(19)14-9-20-18(21-12-5-3-2-4-6-12)22-16(14)23(17(11)24)13-7-8-25-10-13/h9,12-13H,2-8,10,19H2,1H3,(H,20,21,22). The predicted octanol–water partition coefficient (Wildman–Crippen LogP) is 2.39.